The highest BCUT2D eigenvalue weighted by Gasteiger charge is 2.26. The molecule has 8 heteroatoms. The number of carbonyl (C=O) groups excluding carboxylic acids is 2. The van der Waals surface area contributed by atoms with E-state index >= 15 is 0 Å². The van der Waals surface area contributed by atoms with Crippen molar-refractivity contribution < 1.29 is 14.3 Å². The lowest BCUT2D eigenvalue weighted by atomic mass is 10.00. The van der Waals surface area contributed by atoms with Gasteiger partial charge < -0.3 is 20.8 Å². The minimum Gasteiger partial charge on any atom is -0.464 e. The molecule has 1 fully saturated rings. The van der Waals surface area contributed by atoms with Gasteiger partial charge in [0.05, 0.1) is 12.8 Å². The van der Waals surface area contributed by atoms with Crippen LogP contribution in [0, 0.1) is 5.92 Å². The number of esters is 1. The molecule has 4 N–H and O–H groups in total. The Morgan fingerprint density at radius 1 is 1.50 bits per heavy atom. The summed E-state index contributed by atoms with van der Waals surface area (Å²) in [5, 5.41) is 5.21. The summed E-state index contributed by atoms with van der Waals surface area (Å²) in [5.74, 6) is -0.225. The third kappa shape index (κ3) is 3.65. The molecule has 128 valence electrons. The van der Waals surface area contributed by atoms with E-state index in [4.69, 9.17) is 5.73 Å². The van der Waals surface area contributed by atoms with E-state index in [1.165, 1.54) is 18.4 Å². The number of aromatic amines is 1. The molecule has 0 aromatic carbocycles. The number of nitrogens with one attached hydrogen (secondary N) is 2. The number of anilines is 1. The van der Waals surface area contributed by atoms with Gasteiger partial charge in [0.2, 0.25) is 5.91 Å². The second-order valence-electron chi connectivity index (χ2n) is 5.94. The number of hydrogen-bond acceptors (Lipinski definition) is 6. The fourth-order valence-corrected chi connectivity index (χ4v) is 3.70. The Labute approximate surface area is 143 Å². The van der Waals surface area contributed by atoms with Crippen molar-refractivity contribution in [1.29, 1.82) is 0 Å². The van der Waals surface area contributed by atoms with Gasteiger partial charge in [-0.25, -0.2) is 9.78 Å². The minimum atomic E-state index is -0.432. The van der Waals surface area contributed by atoms with E-state index in [0.29, 0.717) is 22.9 Å². The molecule has 0 spiro atoms. The lowest BCUT2D eigenvalue weighted by molar-refractivity contribution is -0.117. The van der Waals surface area contributed by atoms with Crippen molar-refractivity contribution in [2.24, 2.45) is 11.7 Å². The molecule has 1 aliphatic carbocycles. The number of hydrogen-bond donors (Lipinski definition) is 3. The third-order valence-electron chi connectivity index (χ3n) is 4.30. The van der Waals surface area contributed by atoms with Crippen molar-refractivity contribution in [2.75, 3.05) is 12.4 Å². The van der Waals surface area contributed by atoms with Gasteiger partial charge in [-0.1, -0.05) is 6.42 Å². The number of aromatic nitrogens is 2. The SMILES string of the molecule is COC(=O)c1cc(-c2csc(NC(=O)C[C@@H]3CCC[C@H]3N)n2)c[nH]1. The van der Waals surface area contributed by atoms with Gasteiger partial charge in [0, 0.05) is 29.6 Å². The average molecular weight is 348 g/mol. The van der Waals surface area contributed by atoms with Crippen LogP contribution in [0.2, 0.25) is 0 Å². The predicted molar refractivity (Wildman–Crippen MR) is 91.8 cm³/mol. The average Bonchev–Trinajstić information content (AvgIpc) is 3.28. The predicted octanol–water partition coefficient (Wildman–Crippen LogP) is 2.38. The van der Waals surface area contributed by atoms with Crippen LogP contribution in [0.1, 0.15) is 36.2 Å². The van der Waals surface area contributed by atoms with Gasteiger partial charge in [-0.2, -0.15) is 0 Å². The Bertz CT molecular complexity index is 739. The Hall–Kier alpha value is -2.19. The molecule has 1 saturated carbocycles. The zero-order valence-electron chi connectivity index (χ0n) is 13.4. The van der Waals surface area contributed by atoms with Crippen molar-refractivity contribution in [2.45, 2.75) is 31.7 Å². The first kappa shape index (κ1) is 16.7. The molecular weight excluding hydrogens is 328 g/mol. The number of nitrogens with zero attached hydrogens (tertiary/aromatic N) is 1. The summed E-state index contributed by atoms with van der Waals surface area (Å²) in [6, 6.07) is 1.79. The molecule has 7 nitrogen and oxygen atoms in total. The molecule has 3 rings (SSSR count). The molecule has 0 unspecified atom stereocenters. The van der Waals surface area contributed by atoms with Crippen LogP contribution >= 0.6 is 11.3 Å². The minimum absolute atomic E-state index is 0.0532. The maximum Gasteiger partial charge on any atom is 0.354 e. The number of methoxy groups -OCH3 is 1. The van der Waals surface area contributed by atoms with Crippen LogP contribution in [0.3, 0.4) is 0 Å². The summed E-state index contributed by atoms with van der Waals surface area (Å²) in [6.07, 6.45) is 5.22. The van der Waals surface area contributed by atoms with Crippen LogP contribution in [-0.2, 0) is 9.53 Å². The molecule has 2 atom stereocenters. The Morgan fingerprint density at radius 3 is 3.04 bits per heavy atom. The van der Waals surface area contributed by atoms with Crippen LogP contribution in [0.5, 0.6) is 0 Å². The van der Waals surface area contributed by atoms with E-state index in [9.17, 15) is 9.59 Å². The van der Waals surface area contributed by atoms with Crippen molar-refractivity contribution in [1.82, 2.24) is 9.97 Å². The van der Waals surface area contributed by atoms with E-state index in [-0.39, 0.29) is 17.9 Å². The molecular formula is C16H20N4O3S. The Kier molecular flexibility index (Phi) is 4.96. The van der Waals surface area contributed by atoms with Crippen LogP contribution in [0.15, 0.2) is 17.6 Å². The molecule has 1 aliphatic rings. The van der Waals surface area contributed by atoms with Gasteiger partial charge in [-0.05, 0) is 24.8 Å². The van der Waals surface area contributed by atoms with Crippen molar-refractivity contribution in [3.63, 3.8) is 0 Å². The van der Waals surface area contributed by atoms with Crippen LogP contribution in [-0.4, -0.2) is 35.0 Å². The number of nitrogens with two attached hydrogens (primary N) is 1. The highest BCUT2D eigenvalue weighted by molar-refractivity contribution is 7.14. The summed E-state index contributed by atoms with van der Waals surface area (Å²) >= 11 is 1.35. The molecule has 0 bridgehead atoms. The van der Waals surface area contributed by atoms with Gasteiger partial charge in [0.25, 0.3) is 0 Å². The van der Waals surface area contributed by atoms with Crippen molar-refractivity contribution >= 4 is 28.3 Å². The fourth-order valence-electron chi connectivity index (χ4n) is 2.96. The third-order valence-corrected chi connectivity index (χ3v) is 5.06. The zero-order valence-corrected chi connectivity index (χ0v) is 14.2. The highest BCUT2D eigenvalue weighted by Crippen LogP contribution is 2.29. The van der Waals surface area contributed by atoms with E-state index in [0.717, 1.165) is 24.8 Å². The highest BCUT2D eigenvalue weighted by atomic mass is 32.1. The Morgan fingerprint density at radius 2 is 2.33 bits per heavy atom. The lowest BCUT2D eigenvalue weighted by Crippen LogP contribution is -2.28. The van der Waals surface area contributed by atoms with Gasteiger partial charge in [-0.15, -0.1) is 11.3 Å². The molecule has 24 heavy (non-hydrogen) atoms. The topological polar surface area (TPSA) is 110 Å². The first-order valence-corrected chi connectivity index (χ1v) is 8.73. The molecule has 1 amide bonds. The maximum absolute atomic E-state index is 12.1. The standard InChI is InChI=1S/C16H20N4O3S/c1-23-15(22)12-5-10(7-18-12)13-8-24-16(19-13)20-14(21)6-9-3-2-4-11(9)17/h5,7-9,11,18H,2-4,6,17H2,1H3,(H,19,20,21)/t9-,11+/m0/s1. The molecule has 2 aromatic heterocycles. The number of carbonyl (C=O) groups is 2. The molecule has 2 aromatic rings. The van der Waals surface area contributed by atoms with E-state index in [1.807, 2.05) is 5.38 Å². The second-order valence-corrected chi connectivity index (χ2v) is 6.80. The van der Waals surface area contributed by atoms with Gasteiger partial charge in [-0.3, -0.25) is 4.79 Å². The number of rotatable bonds is 5. The smallest absolute Gasteiger partial charge is 0.354 e. The lowest BCUT2D eigenvalue weighted by Gasteiger charge is -2.13. The quantitative estimate of drug-likeness (QED) is 0.719. The Balaban J connectivity index is 1.62. The number of thiazole rings is 1. The van der Waals surface area contributed by atoms with Crippen molar-refractivity contribution in [3.05, 3.63) is 23.3 Å². The van der Waals surface area contributed by atoms with Gasteiger partial charge in [0.15, 0.2) is 5.13 Å². The van der Waals surface area contributed by atoms with E-state index < -0.39 is 5.97 Å². The normalized spacial score (nSPS) is 20.1. The maximum atomic E-state index is 12.1. The van der Waals surface area contributed by atoms with Crippen molar-refractivity contribution in [3.8, 4) is 11.3 Å². The summed E-state index contributed by atoms with van der Waals surface area (Å²) in [5.41, 5.74) is 7.83. The number of H-pyrrole nitrogens is 1. The van der Waals surface area contributed by atoms with Gasteiger partial charge >= 0.3 is 5.97 Å². The van der Waals surface area contributed by atoms with E-state index in [2.05, 4.69) is 20.0 Å². The monoisotopic (exact) mass is 348 g/mol. The zero-order chi connectivity index (χ0) is 17.1. The number of amides is 1. The summed E-state index contributed by atoms with van der Waals surface area (Å²) < 4.78 is 4.66. The largest absolute Gasteiger partial charge is 0.464 e. The van der Waals surface area contributed by atoms with Crippen LogP contribution < -0.4 is 11.1 Å². The molecule has 0 aliphatic heterocycles. The number of ether oxygens (including phenoxy) is 1. The van der Waals surface area contributed by atoms with Crippen LogP contribution in [0.4, 0.5) is 5.13 Å². The van der Waals surface area contributed by atoms with Gasteiger partial charge in [0.1, 0.15) is 5.69 Å². The summed E-state index contributed by atoms with van der Waals surface area (Å²) in [4.78, 5) is 30.8. The molecule has 0 saturated heterocycles. The van der Waals surface area contributed by atoms with E-state index in [1.54, 1.807) is 12.3 Å². The molecule has 2 heterocycles. The first-order valence-electron chi connectivity index (χ1n) is 7.85. The summed E-state index contributed by atoms with van der Waals surface area (Å²) in [7, 11) is 1.33. The molecule has 0 radical (unpaired) electrons. The summed E-state index contributed by atoms with van der Waals surface area (Å²) in [6.45, 7) is 0. The van der Waals surface area contributed by atoms with Crippen LogP contribution in [0.25, 0.3) is 11.3 Å². The second kappa shape index (κ2) is 7.14. The first-order chi connectivity index (χ1) is 11.6. The fraction of sp³-hybridized carbons (Fsp3) is 0.438.